The van der Waals surface area contributed by atoms with Crippen LogP contribution < -0.4 is 5.32 Å². The molecule has 1 amide bonds. The van der Waals surface area contributed by atoms with Crippen molar-refractivity contribution in [2.24, 2.45) is 0 Å². The van der Waals surface area contributed by atoms with E-state index in [1.54, 1.807) is 0 Å². The van der Waals surface area contributed by atoms with Crippen molar-refractivity contribution in [1.29, 1.82) is 5.26 Å². The lowest BCUT2D eigenvalue weighted by atomic mass is 10.1. The first-order chi connectivity index (χ1) is 8.10. The van der Waals surface area contributed by atoms with E-state index in [4.69, 9.17) is 5.26 Å². The number of carbonyl (C=O) groups is 1. The molecule has 1 aromatic heterocycles. The summed E-state index contributed by atoms with van der Waals surface area (Å²) in [6.07, 6.45) is 1.06. The Hall–Kier alpha value is -1.48. The van der Waals surface area contributed by atoms with Gasteiger partial charge in [0.15, 0.2) is 0 Å². The Morgan fingerprint density at radius 2 is 2.29 bits per heavy atom. The molecule has 0 radical (unpaired) electrons. The number of carbonyl (C=O) groups excluding carboxylic acids is 1. The van der Waals surface area contributed by atoms with Gasteiger partial charge in [0.2, 0.25) is 0 Å². The fraction of sp³-hybridized carbons (Fsp3) is 0.636. The number of amides is 1. The van der Waals surface area contributed by atoms with Crippen molar-refractivity contribution < 1.29 is 4.79 Å². The zero-order valence-corrected chi connectivity index (χ0v) is 11.0. The lowest BCUT2D eigenvalue weighted by Gasteiger charge is -2.13. The van der Waals surface area contributed by atoms with Crippen LogP contribution in [0.4, 0.5) is 0 Å². The van der Waals surface area contributed by atoms with Gasteiger partial charge in [-0.2, -0.15) is 5.26 Å². The molecule has 92 valence electrons. The molecule has 5 nitrogen and oxygen atoms in total. The van der Waals surface area contributed by atoms with Gasteiger partial charge in [-0.1, -0.05) is 25.3 Å². The van der Waals surface area contributed by atoms with Crippen LogP contribution in [0.2, 0.25) is 0 Å². The van der Waals surface area contributed by atoms with Gasteiger partial charge >= 0.3 is 0 Å². The van der Waals surface area contributed by atoms with Gasteiger partial charge in [-0.15, -0.1) is 5.10 Å². The lowest BCUT2D eigenvalue weighted by Crippen LogP contribution is -2.34. The van der Waals surface area contributed by atoms with E-state index in [0.717, 1.165) is 23.6 Å². The Bertz CT molecular complexity index is 421. The van der Waals surface area contributed by atoms with Crippen LogP contribution in [0.1, 0.15) is 54.9 Å². The van der Waals surface area contributed by atoms with Crippen LogP contribution in [0.25, 0.3) is 0 Å². The van der Waals surface area contributed by atoms with Gasteiger partial charge in [0.1, 0.15) is 4.88 Å². The van der Waals surface area contributed by atoms with Gasteiger partial charge in [0.05, 0.1) is 18.2 Å². The molecule has 1 rings (SSSR count). The fourth-order valence-electron chi connectivity index (χ4n) is 1.39. The summed E-state index contributed by atoms with van der Waals surface area (Å²) in [6, 6.07) is 1.96. The molecule has 0 spiro atoms. The summed E-state index contributed by atoms with van der Waals surface area (Å²) in [7, 11) is 0. The number of hydrogen-bond donors (Lipinski definition) is 1. The Balaban J connectivity index is 2.76. The third kappa shape index (κ3) is 3.49. The first-order valence-corrected chi connectivity index (χ1v) is 6.37. The summed E-state index contributed by atoms with van der Waals surface area (Å²) in [6.45, 7) is 5.89. The molecule has 0 saturated carbocycles. The second-order valence-electron chi connectivity index (χ2n) is 4.08. The third-order valence-electron chi connectivity index (χ3n) is 2.43. The minimum atomic E-state index is -0.175. The largest absolute Gasteiger partial charge is 0.347 e. The number of hydrogen-bond acceptors (Lipinski definition) is 5. The van der Waals surface area contributed by atoms with Crippen LogP contribution in [0.3, 0.4) is 0 Å². The molecule has 0 saturated heterocycles. The quantitative estimate of drug-likeness (QED) is 0.870. The molecule has 1 aromatic rings. The third-order valence-corrected chi connectivity index (χ3v) is 3.17. The summed E-state index contributed by atoms with van der Waals surface area (Å²) in [5.41, 5.74) is 0.722. The highest BCUT2D eigenvalue weighted by Gasteiger charge is 2.20. The monoisotopic (exact) mass is 252 g/mol. The predicted molar refractivity (Wildman–Crippen MR) is 65.8 cm³/mol. The van der Waals surface area contributed by atoms with E-state index in [-0.39, 0.29) is 17.9 Å². The van der Waals surface area contributed by atoms with E-state index in [1.807, 2.05) is 20.8 Å². The second-order valence-corrected chi connectivity index (χ2v) is 4.84. The zero-order valence-electron chi connectivity index (χ0n) is 10.2. The highest BCUT2D eigenvalue weighted by molar-refractivity contribution is 7.08. The molecule has 0 aliphatic heterocycles. The second kappa shape index (κ2) is 6.30. The molecule has 0 bridgehead atoms. The topological polar surface area (TPSA) is 78.7 Å². The van der Waals surface area contributed by atoms with Crippen molar-refractivity contribution in [2.45, 2.75) is 45.6 Å². The van der Waals surface area contributed by atoms with Crippen LogP contribution in [-0.4, -0.2) is 21.5 Å². The Labute approximate surface area is 105 Å². The first kappa shape index (κ1) is 13.6. The predicted octanol–water partition coefficient (Wildman–Crippen LogP) is 2.08. The van der Waals surface area contributed by atoms with Crippen molar-refractivity contribution in [3.8, 4) is 6.07 Å². The van der Waals surface area contributed by atoms with E-state index in [9.17, 15) is 4.79 Å². The van der Waals surface area contributed by atoms with Gasteiger partial charge < -0.3 is 5.32 Å². The molecule has 0 aliphatic carbocycles. The zero-order chi connectivity index (χ0) is 12.8. The van der Waals surface area contributed by atoms with Crippen LogP contribution in [-0.2, 0) is 0 Å². The standard InChI is InChI=1S/C11H16N4OS/c1-4-8(5-6-12)13-11(16)10-9(7(2)3)14-15-17-10/h7-8H,4-5H2,1-3H3,(H,13,16). The highest BCUT2D eigenvalue weighted by Crippen LogP contribution is 2.19. The number of nitrogens with one attached hydrogen (secondary N) is 1. The Kier molecular flexibility index (Phi) is 5.04. The van der Waals surface area contributed by atoms with Crippen molar-refractivity contribution in [3.63, 3.8) is 0 Å². The average molecular weight is 252 g/mol. The molecule has 0 aliphatic rings. The van der Waals surface area contributed by atoms with Crippen LogP contribution in [0.15, 0.2) is 0 Å². The maximum absolute atomic E-state index is 12.0. The van der Waals surface area contributed by atoms with Crippen molar-refractivity contribution in [1.82, 2.24) is 14.9 Å². The summed E-state index contributed by atoms with van der Waals surface area (Å²) in [5, 5.41) is 15.4. The minimum Gasteiger partial charge on any atom is -0.347 e. The van der Waals surface area contributed by atoms with Gasteiger partial charge in [-0.05, 0) is 23.9 Å². The Morgan fingerprint density at radius 3 is 2.82 bits per heavy atom. The fourth-order valence-corrected chi connectivity index (χ4v) is 2.11. The van der Waals surface area contributed by atoms with E-state index >= 15 is 0 Å². The molecule has 0 fully saturated rings. The molecule has 6 heteroatoms. The number of nitriles is 1. The number of nitrogens with zero attached hydrogens (tertiary/aromatic N) is 3. The van der Waals surface area contributed by atoms with Crippen molar-refractivity contribution in [2.75, 3.05) is 0 Å². The van der Waals surface area contributed by atoms with E-state index < -0.39 is 0 Å². The van der Waals surface area contributed by atoms with Gasteiger partial charge in [-0.25, -0.2) is 0 Å². The molecule has 0 aromatic carbocycles. The minimum absolute atomic E-state index is 0.102. The van der Waals surface area contributed by atoms with Crippen molar-refractivity contribution in [3.05, 3.63) is 10.6 Å². The summed E-state index contributed by atoms with van der Waals surface area (Å²) in [4.78, 5) is 12.5. The van der Waals surface area contributed by atoms with Gasteiger partial charge in [0.25, 0.3) is 5.91 Å². The summed E-state index contributed by atoms with van der Waals surface area (Å²) in [5.74, 6) is -0.00339. The number of aromatic nitrogens is 2. The molecular weight excluding hydrogens is 236 g/mol. The van der Waals surface area contributed by atoms with E-state index in [0.29, 0.717) is 11.3 Å². The van der Waals surface area contributed by atoms with Crippen molar-refractivity contribution >= 4 is 17.4 Å². The van der Waals surface area contributed by atoms with Gasteiger partial charge in [0, 0.05) is 6.04 Å². The van der Waals surface area contributed by atoms with Crippen LogP contribution in [0.5, 0.6) is 0 Å². The normalized spacial score (nSPS) is 12.2. The molecule has 17 heavy (non-hydrogen) atoms. The Morgan fingerprint density at radius 1 is 1.59 bits per heavy atom. The smallest absolute Gasteiger partial charge is 0.265 e. The maximum Gasteiger partial charge on any atom is 0.265 e. The summed E-state index contributed by atoms with van der Waals surface area (Å²) < 4.78 is 3.81. The SMILES string of the molecule is CCC(CC#N)NC(=O)c1snnc1C(C)C. The average Bonchev–Trinajstić information content (AvgIpc) is 2.77. The maximum atomic E-state index is 12.0. The highest BCUT2D eigenvalue weighted by atomic mass is 32.1. The first-order valence-electron chi connectivity index (χ1n) is 5.60. The molecule has 1 unspecified atom stereocenters. The molecule has 1 heterocycles. The van der Waals surface area contributed by atoms with E-state index in [1.165, 1.54) is 0 Å². The van der Waals surface area contributed by atoms with E-state index in [2.05, 4.69) is 21.0 Å². The molecule has 1 N–H and O–H groups in total. The van der Waals surface area contributed by atoms with Gasteiger partial charge in [-0.3, -0.25) is 4.79 Å². The van der Waals surface area contributed by atoms with Crippen LogP contribution >= 0.6 is 11.5 Å². The number of rotatable bonds is 5. The molecule has 1 atom stereocenters. The van der Waals surface area contributed by atoms with Crippen LogP contribution in [0, 0.1) is 11.3 Å². The molecular formula is C11H16N4OS. The summed E-state index contributed by atoms with van der Waals surface area (Å²) >= 11 is 1.10. The lowest BCUT2D eigenvalue weighted by molar-refractivity contribution is 0.0939.